The van der Waals surface area contributed by atoms with Crippen LogP contribution < -0.4 is 5.56 Å². The molecule has 0 bridgehead atoms. The first-order valence-corrected chi connectivity index (χ1v) is 12.9. The lowest BCUT2D eigenvalue weighted by atomic mass is 10.0. The number of rotatable bonds is 9. The molecule has 0 amide bonds. The SMILES string of the molecule is CC[C@H](c1nnnn1Cc1ccc(F)cc1)N(Cc1cc2cc(C)cc(C)c2[nH]c1=O)C[C@H]1CCCO1. The Balaban J connectivity index is 1.49. The van der Waals surface area contributed by atoms with E-state index in [1.807, 2.05) is 13.0 Å². The van der Waals surface area contributed by atoms with Gasteiger partial charge in [-0.05, 0) is 84.3 Å². The Kier molecular flexibility index (Phi) is 7.43. The Bertz CT molecular complexity index is 1430. The molecule has 2 atom stereocenters. The highest BCUT2D eigenvalue weighted by atomic mass is 19.1. The lowest BCUT2D eigenvalue weighted by Crippen LogP contribution is -2.37. The van der Waals surface area contributed by atoms with Gasteiger partial charge in [-0.15, -0.1) is 5.10 Å². The maximum atomic E-state index is 13.4. The highest BCUT2D eigenvalue weighted by molar-refractivity contribution is 5.82. The number of H-pyrrole nitrogens is 1. The van der Waals surface area contributed by atoms with Crippen molar-refractivity contribution < 1.29 is 9.13 Å². The molecule has 0 unspecified atom stereocenters. The first-order chi connectivity index (χ1) is 17.9. The summed E-state index contributed by atoms with van der Waals surface area (Å²) in [5.74, 6) is 0.439. The van der Waals surface area contributed by atoms with Crippen molar-refractivity contribution in [1.82, 2.24) is 30.1 Å². The predicted molar refractivity (Wildman–Crippen MR) is 140 cm³/mol. The van der Waals surface area contributed by atoms with Gasteiger partial charge >= 0.3 is 0 Å². The molecule has 37 heavy (non-hydrogen) atoms. The van der Waals surface area contributed by atoms with Crippen LogP contribution in [0.2, 0.25) is 0 Å². The van der Waals surface area contributed by atoms with Gasteiger partial charge in [0.25, 0.3) is 5.56 Å². The minimum atomic E-state index is -0.277. The lowest BCUT2D eigenvalue weighted by Gasteiger charge is -2.32. The topological polar surface area (TPSA) is 88.9 Å². The predicted octanol–water partition coefficient (Wildman–Crippen LogP) is 4.45. The number of ether oxygens (including phenoxy) is 1. The van der Waals surface area contributed by atoms with Crippen molar-refractivity contribution in [3.8, 4) is 0 Å². The summed E-state index contributed by atoms with van der Waals surface area (Å²) in [7, 11) is 0. The second-order valence-corrected chi connectivity index (χ2v) is 9.98. The van der Waals surface area contributed by atoms with Crippen LogP contribution >= 0.6 is 0 Å². The van der Waals surface area contributed by atoms with E-state index in [2.05, 4.69) is 51.4 Å². The van der Waals surface area contributed by atoms with Crippen molar-refractivity contribution in [3.63, 3.8) is 0 Å². The molecule has 0 aliphatic carbocycles. The Morgan fingerprint density at radius 3 is 2.76 bits per heavy atom. The third-order valence-electron chi connectivity index (χ3n) is 7.14. The fourth-order valence-corrected chi connectivity index (χ4v) is 5.35. The molecule has 2 aromatic carbocycles. The number of hydrogen-bond acceptors (Lipinski definition) is 6. The molecule has 1 fully saturated rings. The Morgan fingerprint density at radius 1 is 1.22 bits per heavy atom. The van der Waals surface area contributed by atoms with E-state index in [-0.39, 0.29) is 23.5 Å². The summed E-state index contributed by atoms with van der Waals surface area (Å²) in [5.41, 5.74) is 4.61. The van der Waals surface area contributed by atoms with Crippen LogP contribution in [0.25, 0.3) is 10.9 Å². The van der Waals surface area contributed by atoms with Gasteiger partial charge < -0.3 is 9.72 Å². The summed E-state index contributed by atoms with van der Waals surface area (Å²) in [6.45, 7) is 8.49. The molecular weight excluding hydrogens is 471 g/mol. The molecule has 3 heterocycles. The molecule has 0 saturated carbocycles. The Hall–Kier alpha value is -3.43. The maximum absolute atomic E-state index is 13.4. The molecule has 194 valence electrons. The van der Waals surface area contributed by atoms with Gasteiger partial charge in [-0.1, -0.05) is 30.7 Å². The average Bonchev–Trinajstić information content (AvgIpc) is 3.55. The molecule has 2 aromatic heterocycles. The number of tetrazole rings is 1. The van der Waals surface area contributed by atoms with E-state index in [0.717, 1.165) is 53.5 Å². The second-order valence-electron chi connectivity index (χ2n) is 9.98. The Labute approximate surface area is 215 Å². The number of nitrogens with zero attached hydrogens (tertiary/aromatic N) is 5. The summed E-state index contributed by atoms with van der Waals surface area (Å²) in [6.07, 6.45) is 2.87. The fraction of sp³-hybridized carbons (Fsp3) is 0.429. The summed E-state index contributed by atoms with van der Waals surface area (Å²) < 4.78 is 21.2. The highest BCUT2D eigenvalue weighted by Gasteiger charge is 2.29. The summed E-state index contributed by atoms with van der Waals surface area (Å²) in [5, 5.41) is 13.6. The van der Waals surface area contributed by atoms with Crippen molar-refractivity contribution in [2.75, 3.05) is 13.2 Å². The van der Waals surface area contributed by atoms with Gasteiger partial charge in [0, 0.05) is 25.3 Å². The molecule has 1 saturated heterocycles. The van der Waals surface area contributed by atoms with E-state index in [1.54, 1.807) is 16.8 Å². The summed E-state index contributed by atoms with van der Waals surface area (Å²) >= 11 is 0. The molecule has 5 rings (SSSR count). The molecule has 0 radical (unpaired) electrons. The van der Waals surface area contributed by atoms with E-state index in [9.17, 15) is 9.18 Å². The monoisotopic (exact) mass is 504 g/mol. The first-order valence-electron chi connectivity index (χ1n) is 12.9. The summed E-state index contributed by atoms with van der Waals surface area (Å²) in [4.78, 5) is 18.6. The molecule has 9 heteroatoms. The number of aryl methyl sites for hydroxylation is 2. The first kappa shape index (κ1) is 25.2. The van der Waals surface area contributed by atoms with Crippen LogP contribution in [0.5, 0.6) is 0 Å². The van der Waals surface area contributed by atoms with Gasteiger partial charge in [0.15, 0.2) is 5.82 Å². The molecule has 1 N–H and O–H groups in total. The number of fused-ring (bicyclic) bond motifs is 1. The van der Waals surface area contributed by atoms with E-state index in [4.69, 9.17) is 4.74 Å². The normalized spacial score (nSPS) is 16.6. The number of pyridine rings is 1. The quantitative estimate of drug-likeness (QED) is 0.362. The minimum Gasteiger partial charge on any atom is -0.377 e. The van der Waals surface area contributed by atoms with Gasteiger partial charge in [-0.2, -0.15) is 0 Å². The standard InChI is InChI=1S/C28H33FN6O2/c1-4-25(27-31-32-33-35(27)15-20-7-9-23(29)10-8-20)34(17-24-6-5-11-37-24)16-22-14-21-13-18(2)12-19(3)26(21)30-28(22)36/h7-10,12-14,24-25H,4-6,11,15-17H2,1-3H3,(H,30,36)/t24-,25-/m1/s1. The van der Waals surface area contributed by atoms with E-state index in [0.29, 0.717) is 31.0 Å². The van der Waals surface area contributed by atoms with Gasteiger partial charge in [0.1, 0.15) is 5.82 Å². The highest BCUT2D eigenvalue weighted by Crippen LogP contribution is 2.27. The third-order valence-corrected chi connectivity index (χ3v) is 7.14. The average molecular weight is 505 g/mol. The van der Waals surface area contributed by atoms with Crippen LogP contribution in [0.15, 0.2) is 47.3 Å². The van der Waals surface area contributed by atoms with Crippen molar-refractivity contribution in [2.24, 2.45) is 0 Å². The van der Waals surface area contributed by atoms with Crippen LogP contribution in [0, 0.1) is 19.7 Å². The van der Waals surface area contributed by atoms with Gasteiger partial charge in [0.05, 0.1) is 24.2 Å². The number of aromatic nitrogens is 5. The zero-order valence-electron chi connectivity index (χ0n) is 21.6. The van der Waals surface area contributed by atoms with Crippen LogP contribution in [-0.4, -0.2) is 49.3 Å². The molecule has 1 aliphatic rings. The minimum absolute atomic E-state index is 0.0856. The number of halogens is 1. The van der Waals surface area contributed by atoms with Crippen molar-refractivity contribution in [2.45, 2.75) is 65.3 Å². The molecule has 0 spiro atoms. The number of benzene rings is 2. The van der Waals surface area contributed by atoms with E-state index >= 15 is 0 Å². The van der Waals surface area contributed by atoms with Crippen molar-refractivity contribution >= 4 is 10.9 Å². The van der Waals surface area contributed by atoms with Crippen LogP contribution in [0.1, 0.15) is 60.3 Å². The van der Waals surface area contributed by atoms with Gasteiger partial charge in [-0.25, -0.2) is 9.07 Å². The number of nitrogens with one attached hydrogen (secondary N) is 1. The van der Waals surface area contributed by atoms with E-state index in [1.165, 1.54) is 12.1 Å². The van der Waals surface area contributed by atoms with Crippen LogP contribution in [0.4, 0.5) is 4.39 Å². The smallest absolute Gasteiger partial charge is 0.252 e. The van der Waals surface area contributed by atoms with Crippen molar-refractivity contribution in [1.29, 1.82) is 0 Å². The van der Waals surface area contributed by atoms with Gasteiger partial charge in [0.2, 0.25) is 0 Å². The number of aromatic amines is 1. The molecule has 1 aliphatic heterocycles. The number of hydrogen-bond donors (Lipinski definition) is 1. The third kappa shape index (κ3) is 5.62. The lowest BCUT2D eigenvalue weighted by molar-refractivity contribution is 0.0489. The fourth-order valence-electron chi connectivity index (χ4n) is 5.35. The van der Waals surface area contributed by atoms with E-state index < -0.39 is 0 Å². The molecule has 4 aromatic rings. The van der Waals surface area contributed by atoms with Gasteiger partial charge in [-0.3, -0.25) is 9.69 Å². The maximum Gasteiger partial charge on any atom is 0.252 e. The van der Waals surface area contributed by atoms with Crippen molar-refractivity contribution in [3.05, 3.63) is 86.7 Å². The molecule has 8 nitrogen and oxygen atoms in total. The summed E-state index contributed by atoms with van der Waals surface area (Å²) in [6, 6.07) is 12.4. The zero-order valence-corrected chi connectivity index (χ0v) is 21.6. The second kappa shape index (κ2) is 10.9. The van der Waals surface area contributed by atoms with Crippen LogP contribution in [-0.2, 0) is 17.8 Å². The van der Waals surface area contributed by atoms with Crippen LogP contribution in [0.3, 0.4) is 0 Å². The molecular formula is C28H33FN6O2. The largest absolute Gasteiger partial charge is 0.377 e. The Morgan fingerprint density at radius 2 is 2.03 bits per heavy atom. The zero-order chi connectivity index (χ0) is 25.9.